The lowest BCUT2D eigenvalue weighted by Gasteiger charge is -2.14. The van der Waals surface area contributed by atoms with Gasteiger partial charge in [-0.15, -0.1) is 0 Å². The standard InChI is InChI=1S/C18H24N2O3S/c1-23-17-7-5-16-14-18(8-6-15(16)13-17)24(21,22)19-9-4-12-20-10-2-3-11-20/h5-8,13-14,19H,2-4,9-12H2,1H3. The Hall–Kier alpha value is -1.63. The number of hydrogen-bond donors (Lipinski definition) is 1. The maximum atomic E-state index is 12.4. The molecule has 0 spiro atoms. The number of benzene rings is 2. The molecule has 2 aromatic carbocycles. The molecule has 1 aliphatic heterocycles. The molecule has 0 aliphatic carbocycles. The summed E-state index contributed by atoms with van der Waals surface area (Å²) in [5.41, 5.74) is 0. The Balaban J connectivity index is 1.64. The molecule has 1 aliphatic rings. The molecule has 0 aromatic heterocycles. The first-order chi connectivity index (χ1) is 11.6. The molecular weight excluding hydrogens is 324 g/mol. The molecule has 0 unspecified atom stereocenters. The normalized spacial score (nSPS) is 15.9. The van der Waals surface area contributed by atoms with Crippen LogP contribution in [0.1, 0.15) is 19.3 Å². The Bertz CT molecular complexity index is 799. The molecule has 3 rings (SSSR count). The van der Waals surface area contributed by atoms with E-state index in [2.05, 4.69) is 9.62 Å². The summed E-state index contributed by atoms with van der Waals surface area (Å²) in [5.74, 6) is 0.762. The van der Waals surface area contributed by atoms with Crippen molar-refractivity contribution in [1.82, 2.24) is 9.62 Å². The number of hydrogen-bond acceptors (Lipinski definition) is 4. The Morgan fingerprint density at radius 3 is 2.54 bits per heavy atom. The lowest BCUT2D eigenvalue weighted by molar-refractivity contribution is 0.334. The van der Waals surface area contributed by atoms with Gasteiger partial charge in [-0.3, -0.25) is 0 Å². The second-order valence-electron chi connectivity index (χ2n) is 6.17. The number of fused-ring (bicyclic) bond motifs is 1. The van der Waals surface area contributed by atoms with E-state index in [9.17, 15) is 8.42 Å². The molecule has 130 valence electrons. The van der Waals surface area contributed by atoms with Crippen LogP contribution in [0.15, 0.2) is 41.3 Å². The average Bonchev–Trinajstić information content (AvgIpc) is 3.11. The van der Waals surface area contributed by atoms with Gasteiger partial charge < -0.3 is 9.64 Å². The highest BCUT2D eigenvalue weighted by atomic mass is 32.2. The molecule has 0 bridgehead atoms. The summed E-state index contributed by atoms with van der Waals surface area (Å²) in [5, 5.41) is 1.85. The third kappa shape index (κ3) is 4.06. The monoisotopic (exact) mass is 348 g/mol. The summed E-state index contributed by atoms with van der Waals surface area (Å²) in [6, 6.07) is 10.8. The van der Waals surface area contributed by atoms with Gasteiger partial charge in [0.1, 0.15) is 5.75 Å². The van der Waals surface area contributed by atoms with Crippen molar-refractivity contribution in [2.75, 3.05) is 33.3 Å². The zero-order valence-electron chi connectivity index (χ0n) is 14.0. The SMILES string of the molecule is COc1ccc2cc(S(=O)(=O)NCCCN3CCCC3)ccc2c1. The average molecular weight is 348 g/mol. The molecule has 1 N–H and O–H groups in total. The molecular formula is C18H24N2O3S. The van der Waals surface area contributed by atoms with Gasteiger partial charge in [0, 0.05) is 6.54 Å². The molecule has 6 heteroatoms. The second-order valence-corrected chi connectivity index (χ2v) is 7.94. The van der Waals surface area contributed by atoms with Crippen LogP contribution in [0.2, 0.25) is 0 Å². The van der Waals surface area contributed by atoms with Gasteiger partial charge in [0.25, 0.3) is 0 Å². The number of rotatable bonds is 7. The topological polar surface area (TPSA) is 58.6 Å². The van der Waals surface area contributed by atoms with Gasteiger partial charge in [0.2, 0.25) is 10.0 Å². The first-order valence-electron chi connectivity index (χ1n) is 8.38. The molecule has 0 atom stereocenters. The summed E-state index contributed by atoms with van der Waals surface area (Å²) in [6.45, 7) is 3.71. The Morgan fingerprint density at radius 2 is 1.79 bits per heavy atom. The fourth-order valence-corrected chi connectivity index (χ4v) is 4.20. The van der Waals surface area contributed by atoms with E-state index in [1.54, 1.807) is 19.2 Å². The Labute approximate surface area is 143 Å². The third-order valence-electron chi connectivity index (χ3n) is 4.47. The largest absolute Gasteiger partial charge is 0.497 e. The summed E-state index contributed by atoms with van der Waals surface area (Å²) >= 11 is 0. The van der Waals surface area contributed by atoms with Gasteiger partial charge in [-0.1, -0.05) is 12.1 Å². The maximum absolute atomic E-state index is 12.4. The predicted octanol–water partition coefficient (Wildman–Crippen LogP) is 2.61. The van der Waals surface area contributed by atoms with Gasteiger partial charge >= 0.3 is 0 Å². The van der Waals surface area contributed by atoms with Crippen LogP contribution < -0.4 is 9.46 Å². The van der Waals surface area contributed by atoms with Crippen molar-refractivity contribution >= 4 is 20.8 Å². The highest BCUT2D eigenvalue weighted by Crippen LogP contribution is 2.23. The van der Waals surface area contributed by atoms with E-state index in [0.717, 1.165) is 42.6 Å². The Kier molecular flexibility index (Phi) is 5.38. The van der Waals surface area contributed by atoms with Crippen molar-refractivity contribution < 1.29 is 13.2 Å². The van der Waals surface area contributed by atoms with E-state index in [1.807, 2.05) is 24.3 Å². The van der Waals surface area contributed by atoms with E-state index in [1.165, 1.54) is 12.8 Å². The van der Waals surface area contributed by atoms with Gasteiger partial charge in [0.15, 0.2) is 0 Å². The summed E-state index contributed by atoms with van der Waals surface area (Å²) in [4.78, 5) is 2.69. The van der Waals surface area contributed by atoms with Crippen LogP contribution in [0.25, 0.3) is 10.8 Å². The first kappa shape index (κ1) is 17.2. The van der Waals surface area contributed by atoms with Crippen molar-refractivity contribution in [3.05, 3.63) is 36.4 Å². The maximum Gasteiger partial charge on any atom is 0.240 e. The van der Waals surface area contributed by atoms with Crippen molar-refractivity contribution in [3.8, 4) is 5.75 Å². The highest BCUT2D eigenvalue weighted by Gasteiger charge is 2.15. The number of sulfonamides is 1. The molecule has 1 heterocycles. The van der Waals surface area contributed by atoms with E-state index >= 15 is 0 Å². The van der Waals surface area contributed by atoms with Gasteiger partial charge in [0.05, 0.1) is 12.0 Å². The quantitative estimate of drug-likeness (QED) is 0.782. The molecule has 1 fully saturated rings. The number of ether oxygens (including phenoxy) is 1. The minimum atomic E-state index is -3.46. The minimum Gasteiger partial charge on any atom is -0.497 e. The van der Waals surface area contributed by atoms with E-state index < -0.39 is 10.0 Å². The number of nitrogens with one attached hydrogen (secondary N) is 1. The summed E-state index contributed by atoms with van der Waals surface area (Å²) in [7, 11) is -1.85. The van der Waals surface area contributed by atoms with E-state index in [4.69, 9.17) is 4.74 Å². The number of likely N-dealkylation sites (tertiary alicyclic amines) is 1. The lowest BCUT2D eigenvalue weighted by atomic mass is 10.1. The zero-order valence-corrected chi connectivity index (χ0v) is 14.8. The van der Waals surface area contributed by atoms with Crippen LogP contribution in [0.3, 0.4) is 0 Å². The van der Waals surface area contributed by atoms with E-state index in [0.29, 0.717) is 11.4 Å². The van der Waals surface area contributed by atoms with Gasteiger partial charge in [-0.25, -0.2) is 13.1 Å². The van der Waals surface area contributed by atoms with Crippen molar-refractivity contribution in [3.63, 3.8) is 0 Å². The third-order valence-corrected chi connectivity index (χ3v) is 5.93. The van der Waals surface area contributed by atoms with Crippen LogP contribution in [0.4, 0.5) is 0 Å². The molecule has 0 radical (unpaired) electrons. The smallest absolute Gasteiger partial charge is 0.240 e. The van der Waals surface area contributed by atoms with Crippen LogP contribution in [-0.2, 0) is 10.0 Å². The van der Waals surface area contributed by atoms with Crippen molar-refractivity contribution in [2.45, 2.75) is 24.2 Å². The lowest BCUT2D eigenvalue weighted by Crippen LogP contribution is -2.28. The minimum absolute atomic E-state index is 0.307. The first-order valence-corrected chi connectivity index (χ1v) is 9.87. The second kappa shape index (κ2) is 7.51. The van der Waals surface area contributed by atoms with Crippen LogP contribution in [-0.4, -0.2) is 46.6 Å². The summed E-state index contributed by atoms with van der Waals surface area (Å²) < 4.78 is 32.8. The van der Waals surface area contributed by atoms with Gasteiger partial charge in [-0.05, 0) is 73.9 Å². The highest BCUT2D eigenvalue weighted by molar-refractivity contribution is 7.89. The Morgan fingerprint density at radius 1 is 1.08 bits per heavy atom. The van der Waals surface area contributed by atoms with E-state index in [-0.39, 0.29) is 0 Å². The van der Waals surface area contributed by atoms with Gasteiger partial charge in [-0.2, -0.15) is 0 Å². The fraction of sp³-hybridized carbons (Fsp3) is 0.444. The molecule has 1 saturated heterocycles. The predicted molar refractivity (Wildman–Crippen MR) is 96.0 cm³/mol. The fourth-order valence-electron chi connectivity index (χ4n) is 3.09. The van der Waals surface area contributed by atoms with Crippen LogP contribution >= 0.6 is 0 Å². The number of methoxy groups -OCH3 is 1. The molecule has 0 saturated carbocycles. The number of nitrogens with zero attached hydrogens (tertiary/aromatic N) is 1. The molecule has 24 heavy (non-hydrogen) atoms. The zero-order chi connectivity index (χ0) is 17.0. The molecule has 0 amide bonds. The van der Waals surface area contributed by atoms with Crippen LogP contribution in [0.5, 0.6) is 5.75 Å². The van der Waals surface area contributed by atoms with Crippen LogP contribution in [0, 0.1) is 0 Å². The molecule has 5 nitrogen and oxygen atoms in total. The summed E-state index contributed by atoms with van der Waals surface area (Å²) in [6.07, 6.45) is 3.35. The molecule has 2 aromatic rings. The van der Waals surface area contributed by atoms with Crippen molar-refractivity contribution in [1.29, 1.82) is 0 Å². The van der Waals surface area contributed by atoms with Crippen molar-refractivity contribution in [2.24, 2.45) is 0 Å².